The van der Waals surface area contributed by atoms with Gasteiger partial charge in [-0.1, -0.05) is 23.2 Å². The summed E-state index contributed by atoms with van der Waals surface area (Å²) in [5, 5.41) is 10.8. The fourth-order valence-corrected chi connectivity index (χ4v) is 3.81. The molecule has 0 unspecified atom stereocenters. The van der Waals surface area contributed by atoms with E-state index in [1.54, 1.807) is 24.3 Å². The van der Waals surface area contributed by atoms with Gasteiger partial charge in [0.2, 0.25) is 0 Å². The summed E-state index contributed by atoms with van der Waals surface area (Å²) in [6.45, 7) is 0.117. The monoisotopic (exact) mass is 438 g/mol. The Kier molecular flexibility index (Phi) is 5.93. The molecule has 0 atom stereocenters. The number of nitro benzene ring substituents is 1. The molecule has 2 amide bonds. The highest BCUT2D eigenvalue weighted by atomic mass is 35.5. The Morgan fingerprint density at radius 2 is 1.79 bits per heavy atom. The lowest BCUT2D eigenvalue weighted by Crippen LogP contribution is -2.22. The second-order valence-corrected chi connectivity index (χ2v) is 7.57. The number of halogens is 2. The number of benzene rings is 2. The first-order chi connectivity index (χ1) is 13.3. The van der Waals surface area contributed by atoms with Gasteiger partial charge in [0.1, 0.15) is 6.61 Å². The van der Waals surface area contributed by atoms with Gasteiger partial charge in [-0.3, -0.25) is 24.6 Å². The number of amides is 2. The maximum Gasteiger partial charge on any atom is 0.293 e. The topological polar surface area (TPSA) is 89.8 Å². The summed E-state index contributed by atoms with van der Waals surface area (Å²) in [5.41, 5.74) is 1.25. The molecule has 3 rings (SSSR count). The average Bonchev–Trinajstić information content (AvgIpc) is 2.88. The number of carbonyl (C=O) groups is 2. The van der Waals surface area contributed by atoms with Crippen LogP contribution in [0.25, 0.3) is 6.08 Å². The van der Waals surface area contributed by atoms with E-state index >= 15 is 0 Å². The van der Waals surface area contributed by atoms with Gasteiger partial charge in [-0.2, -0.15) is 0 Å². The van der Waals surface area contributed by atoms with Gasteiger partial charge in [0, 0.05) is 19.2 Å². The fourth-order valence-electron chi connectivity index (χ4n) is 2.37. The number of hydrogen-bond acceptors (Lipinski definition) is 6. The maximum absolute atomic E-state index is 12.0. The van der Waals surface area contributed by atoms with Crippen molar-refractivity contribution in [3.05, 3.63) is 72.6 Å². The van der Waals surface area contributed by atoms with Gasteiger partial charge >= 0.3 is 0 Å². The van der Waals surface area contributed by atoms with E-state index in [-0.39, 0.29) is 44.1 Å². The van der Waals surface area contributed by atoms with E-state index in [1.165, 1.54) is 25.3 Å². The molecule has 1 fully saturated rings. The van der Waals surface area contributed by atoms with Crippen molar-refractivity contribution in [3.63, 3.8) is 0 Å². The van der Waals surface area contributed by atoms with Crippen LogP contribution in [0.1, 0.15) is 11.1 Å². The van der Waals surface area contributed by atoms with Gasteiger partial charge in [-0.05, 0) is 53.2 Å². The smallest absolute Gasteiger partial charge is 0.293 e. The van der Waals surface area contributed by atoms with Gasteiger partial charge in [-0.25, -0.2) is 0 Å². The lowest BCUT2D eigenvalue weighted by molar-refractivity contribution is -0.384. The van der Waals surface area contributed by atoms with Gasteiger partial charge in [0.25, 0.3) is 16.8 Å². The Morgan fingerprint density at radius 3 is 2.29 bits per heavy atom. The Labute approximate surface area is 174 Å². The van der Waals surface area contributed by atoms with Gasteiger partial charge in [0.05, 0.1) is 19.9 Å². The molecule has 1 aliphatic rings. The number of likely N-dealkylation sites (N-methyl/N-ethyl adjacent to an activating group) is 1. The zero-order valence-electron chi connectivity index (χ0n) is 14.3. The molecule has 7 nitrogen and oxygen atoms in total. The minimum atomic E-state index is -0.482. The zero-order valence-corrected chi connectivity index (χ0v) is 16.7. The van der Waals surface area contributed by atoms with Crippen LogP contribution in [0.5, 0.6) is 5.75 Å². The van der Waals surface area contributed by atoms with Gasteiger partial charge in [-0.15, -0.1) is 0 Å². The third-order valence-corrected chi connectivity index (χ3v) is 5.36. The van der Waals surface area contributed by atoms with E-state index in [9.17, 15) is 19.7 Å². The van der Waals surface area contributed by atoms with Crippen LogP contribution in [0, 0.1) is 10.1 Å². The van der Waals surface area contributed by atoms with Crippen LogP contribution in [0.4, 0.5) is 10.5 Å². The van der Waals surface area contributed by atoms with Gasteiger partial charge in [0.15, 0.2) is 5.75 Å². The molecule has 1 heterocycles. The first-order valence-electron chi connectivity index (χ1n) is 7.83. The van der Waals surface area contributed by atoms with E-state index in [0.29, 0.717) is 11.1 Å². The number of ether oxygens (including phenoxy) is 1. The number of thioether (sulfide) groups is 1. The van der Waals surface area contributed by atoms with Crippen molar-refractivity contribution in [1.82, 2.24) is 4.90 Å². The van der Waals surface area contributed by atoms with E-state index < -0.39 is 4.92 Å². The quantitative estimate of drug-likeness (QED) is 0.364. The van der Waals surface area contributed by atoms with Crippen LogP contribution in [0.15, 0.2) is 41.3 Å². The molecule has 0 aromatic heterocycles. The predicted octanol–water partition coefficient (Wildman–Crippen LogP) is 5.15. The van der Waals surface area contributed by atoms with Crippen molar-refractivity contribution in [2.45, 2.75) is 6.61 Å². The minimum Gasteiger partial charge on any atom is -0.486 e. The van der Waals surface area contributed by atoms with Crippen LogP contribution >= 0.6 is 35.0 Å². The van der Waals surface area contributed by atoms with Crippen LogP contribution in [-0.2, 0) is 11.4 Å². The molecule has 0 N–H and O–H groups in total. The van der Waals surface area contributed by atoms with Crippen LogP contribution < -0.4 is 4.74 Å². The fraction of sp³-hybridized carbons (Fsp3) is 0.111. The summed E-state index contributed by atoms with van der Waals surface area (Å²) in [5.74, 6) is -0.136. The molecular weight excluding hydrogens is 427 g/mol. The first-order valence-corrected chi connectivity index (χ1v) is 9.40. The second kappa shape index (κ2) is 8.22. The largest absolute Gasteiger partial charge is 0.486 e. The lowest BCUT2D eigenvalue weighted by atomic mass is 10.2. The lowest BCUT2D eigenvalue weighted by Gasteiger charge is -2.11. The molecule has 2 aromatic carbocycles. The summed E-state index contributed by atoms with van der Waals surface area (Å²) in [6, 6.07) is 9.06. The number of carbonyl (C=O) groups excluding carboxylic acids is 2. The molecule has 144 valence electrons. The number of hydrogen-bond donors (Lipinski definition) is 0. The number of rotatable bonds is 5. The Morgan fingerprint density at radius 1 is 1.18 bits per heavy atom. The van der Waals surface area contributed by atoms with Gasteiger partial charge < -0.3 is 4.74 Å². The third kappa shape index (κ3) is 4.30. The number of imide groups is 1. The Hall–Kier alpha value is -2.55. The molecule has 10 heteroatoms. The van der Waals surface area contributed by atoms with E-state index in [2.05, 4.69) is 0 Å². The van der Waals surface area contributed by atoms with Crippen molar-refractivity contribution < 1.29 is 19.2 Å². The molecule has 0 aliphatic carbocycles. The van der Waals surface area contributed by atoms with Crippen molar-refractivity contribution in [2.75, 3.05) is 7.05 Å². The molecule has 28 heavy (non-hydrogen) atoms. The number of nitrogens with zero attached hydrogens (tertiary/aromatic N) is 2. The molecular formula is C18H12Cl2N2O5S. The van der Waals surface area contributed by atoms with Crippen molar-refractivity contribution >= 4 is 57.9 Å². The summed E-state index contributed by atoms with van der Waals surface area (Å²) in [4.78, 5) is 35.0. The summed E-state index contributed by atoms with van der Waals surface area (Å²) >= 11 is 13.3. The molecule has 2 aromatic rings. The molecule has 1 aliphatic heterocycles. The zero-order chi connectivity index (χ0) is 20.4. The summed E-state index contributed by atoms with van der Waals surface area (Å²) in [6.07, 6.45) is 1.53. The van der Waals surface area contributed by atoms with E-state index in [0.717, 1.165) is 16.7 Å². The van der Waals surface area contributed by atoms with E-state index in [4.69, 9.17) is 27.9 Å². The first kappa shape index (κ1) is 20.2. The Balaban J connectivity index is 1.76. The molecule has 0 spiro atoms. The van der Waals surface area contributed by atoms with Crippen LogP contribution in [0.2, 0.25) is 10.0 Å². The normalized spacial score (nSPS) is 15.4. The summed E-state index contributed by atoms with van der Waals surface area (Å²) in [7, 11) is 1.41. The predicted molar refractivity (Wildman–Crippen MR) is 108 cm³/mol. The van der Waals surface area contributed by atoms with E-state index in [1.807, 2.05) is 0 Å². The highest BCUT2D eigenvalue weighted by molar-refractivity contribution is 8.18. The van der Waals surface area contributed by atoms with Crippen molar-refractivity contribution in [3.8, 4) is 5.75 Å². The van der Waals surface area contributed by atoms with Crippen LogP contribution in [-0.4, -0.2) is 28.0 Å². The summed E-state index contributed by atoms with van der Waals surface area (Å²) < 4.78 is 5.65. The number of non-ortho nitro benzene ring substituents is 1. The third-order valence-electron chi connectivity index (χ3n) is 3.84. The highest BCUT2D eigenvalue weighted by Crippen LogP contribution is 2.37. The molecule has 0 bridgehead atoms. The van der Waals surface area contributed by atoms with Crippen molar-refractivity contribution in [1.29, 1.82) is 0 Å². The molecule has 0 radical (unpaired) electrons. The minimum absolute atomic E-state index is 0.0133. The second-order valence-electron chi connectivity index (χ2n) is 5.77. The highest BCUT2D eigenvalue weighted by Gasteiger charge is 2.31. The SMILES string of the molecule is CN1C(=O)S/C(=C\c2cc(Cl)c(OCc3ccc([N+](=O)[O-])cc3)c(Cl)c2)C1=O. The van der Waals surface area contributed by atoms with Crippen LogP contribution in [0.3, 0.4) is 0 Å². The maximum atomic E-state index is 12.0. The number of nitro groups is 1. The molecule has 0 saturated carbocycles. The van der Waals surface area contributed by atoms with Crippen molar-refractivity contribution in [2.24, 2.45) is 0 Å². The molecule has 1 saturated heterocycles. The Bertz CT molecular complexity index is 985. The standard InChI is InChI=1S/C18H12Cl2N2O5S/c1-21-17(23)15(28-18(21)24)8-11-6-13(19)16(14(20)7-11)27-9-10-2-4-12(5-3-10)22(25)26/h2-8H,9H2,1H3/b15-8-. The average molecular weight is 439 g/mol.